The third-order valence-electron chi connectivity index (χ3n) is 5.61. The first-order chi connectivity index (χ1) is 14.4. The van der Waals surface area contributed by atoms with Gasteiger partial charge in [0.1, 0.15) is 6.10 Å². The van der Waals surface area contributed by atoms with Gasteiger partial charge in [0.05, 0.1) is 11.9 Å². The number of aromatic hydroxyl groups is 1. The second-order valence-electron chi connectivity index (χ2n) is 7.58. The lowest BCUT2D eigenvalue weighted by Crippen LogP contribution is -2.17. The lowest BCUT2D eigenvalue weighted by atomic mass is 10.1. The van der Waals surface area contributed by atoms with Gasteiger partial charge < -0.3 is 9.84 Å². The van der Waals surface area contributed by atoms with Crippen LogP contribution in [-0.2, 0) is 16.0 Å². The van der Waals surface area contributed by atoms with E-state index < -0.39 is 23.4 Å². The zero-order chi connectivity index (χ0) is 21.4. The van der Waals surface area contributed by atoms with E-state index in [2.05, 4.69) is 0 Å². The molecule has 1 aromatic heterocycles. The Morgan fingerprint density at radius 1 is 1.23 bits per heavy atom. The maximum absolute atomic E-state index is 14.9. The largest absolute Gasteiger partial charge is 0.505 e. The normalized spacial score (nSPS) is 14.4. The number of aromatic nitrogens is 1. The van der Waals surface area contributed by atoms with E-state index in [1.165, 1.54) is 22.8 Å². The SMILES string of the molecule is Cc1c(CC(=O)OC2CCCC2)c2c(F)c(O)ccc2n1C(=O)c1cccc(Cl)c1. The summed E-state index contributed by atoms with van der Waals surface area (Å²) >= 11 is 6.02. The van der Waals surface area contributed by atoms with Crippen LogP contribution in [0.4, 0.5) is 4.39 Å². The topological polar surface area (TPSA) is 68.5 Å². The molecule has 5 nitrogen and oxygen atoms in total. The van der Waals surface area contributed by atoms with Crippen molar-refractivity contribution < 1.29 is 23.8 Å². The molecule has 0 atom stereocenters. The van der Waals surface area contributed by atoms with Crippen LogP contribution in [0.3, 0.4) is 0 Å². The van der Waals surface area contributed by atoms with Crippen molar-refractivity contribution in [1.82, 2.24) is 4.57 Å². The Hall–Kier alpha value is -2.86. The monoisotopic (exact) mass is 429 g/mol. The molecule has 1 aliphatic carbocycles. The van der Waals surface area contributed by atoms with E-state index in [4.69, 9.17) is 16.3 Å². The quantitative estimate of drug-likeness (QED) is 0.581. The molecule has 0 saturated heterocycles. The molecule has 0 bridgehead atoms. The molecule has 1 heterocycles. The molecule has 30 heavy (non-hydrogen) atoms. The molecule has 1 aliphatic rings. The summed E-state index contributed by atoms with van der Waals surface area (Å²) in [6.07, 6.45) is 3.40. The minimum Gasteiger partial charge on any atom is -0.505 e. The van der Waals surface area contributed by atoms with Crippen molar-refractivity contribution in [3.8, 4) is 5.75 Å². The lowest BCUT2D eigenvalue weighted by molar-refractivity contribution is -0.147. The van der Waals surface area contributed by atoms with Gasteiger partial charge in [-0.25, -0.2) is 4.39 Å². The molecule has 156 valence electrons. The molecular weight excluding hydrogens is 409 g/mol. The fourth-order valence-electron chi connectivity index (χ4n) is 4.13. The molecule has 0 radical (unpaired) electrons. The van der Waals surface area contributed by atoms with Crippen molar-refractivity contribution in [1.29, 1.82) is 0 Å². The molecule has 0 amide bonds. The Kier molecular flexibility index (Phi) is 5.52. The van der Waals surface area contributed by atoms with Crippen molar-refractivity contribution in [3.05, 3.63) is 64.1 Å². The summed E-state index contributed by atoms with van der Waals surface area (Å²) < 4.78 is 21.8. The van der Waals surface area contributed by atoms with Crippen LogP contribution >= 0.6 is 11.6 Å². The van der Waals surface area contributed by atoms with E-state index in [-0.39, 0.29) is 23.4 Å². The van der Waals surface area contributed by atoms with Gasteiger partial charge in [0.15, 0.2) is 11.6 Å². The van der Waals surface area contributed by atoms with Crippen molar-refractivity contribution in [2.45, 2.75) is 45.1 Å². The van der Waals surface area contributed by atoms with Crippen molar-refractivity contribution in [3.63, 3.8) is 0 Å². The average Bonchev–Trinajstić information content (AvgIpc) is 3.31. The Morgan fingerprint density at radius 3 is 2.67 bits per heavy atom. The molecule has 0 spiro atoms. The Labute approximate surface area is 178 Å². The number of benzene rings is 2. The molecule has 1 N–H and O–H groups in total. The number of carbonyl (C=O) groups is 2. The van der Waals surface area contributed by atoms with Gasteiger partial charge in [-0.2, -0.15) is 0 Å². The van der Waals surface area contributed by atoms with E-state index >= 15 is 0 Å². The molecule has 2 aromatic carbocycles. The number of phenols is 1. The third-order valence-corrected chi connectivity index (χ3v) is 5.85. The number of hydrogen-bond acceptors (Lipinski definition) is 4. The molecule has 0 aliphatic heterocycles. The molecule has 1 fully saturated rings. The number of fused-ring (bicyclic) bond motifs is 1. The highest BCUT2D eigenvalue weighted by atomic mass is 35.5. The number of carbonyl (C=O) groups excluding carboxylic acids is 2. The van der Waals surface area contributed by atoms with E-state index in [9.17, 15) is 19.1 Å². The number of ether oxygens (including phenoxy) is 1. The number of esters is 1. The fourth-order valence-corrected chi connectivity index (χ4v) is 4.32. The second-order valence-corrected chi connectivity index (χ2v) is 8.02. The third kappa shape index (κ3) is 3.67. The molecule has 1 saturated carbocycles. The van der Waals surface area contributed by atoms with Crippen LogP contribution in [0.25, 0.3) is 10.9 Å². The summed E-state index contributed by atoms with van der Waals surface area (Å²) in [6.45, 7) is 1.65. The minimum absolute atomic E-state index is 0.0475. The number of rotatable bonds is 4. The van der Waals surface area contributed by atoms with Gasteiger partial charge >= 0.3 is 5.97 Å². The smallest absolute Gasteiger partial charge is 0.310 e. The van der Waals surface area contributed by atoms with Gasteiger partial charge in [-0.3, -0.25) is 14.2 Å². The van der Waals surface area contributed by atoms with Crippen LogP contribution in [0.15, 0.2) is 36.4 Å². The van der Waals surface area contributed by atoms with Crippen LogP contribution < -0.4 is 0 Å². The highest BCUT2D eigenvalue weighted by molar-refractivity contribution is 6.31. The first-order valence-electron chi connectivity index (χ1n) is 9.88. The second kappa shape index (κ2) is 8.11. The van der Waals surface area contributed by atoms with Gasteiger partial charge in [-0.15, -0.1) is 0 Å². The molecule has 7 heteroatoms. The summed E-state index contributed by atoms with van der Waals surface area (Å²) in [7, 11) is 0. The number of phenolic OH excluding ortho intramolecular Hbond substituents is 1. The van der Waals surface area contributed by atoms with Crippen LogP contribution in [-0.4, -0.2) is 27.7 Å². The predicted octanol–water partition coefficient (Wildman–Crippen LogP) is 5.16. The van der Waals surface area contributed by atoms with E-state index in [0.29, 0.717) is 21.8 Å². The number of nitrogens with zero attached hydrogens (tertiary/aromatic N) is 1. The van der Waals surface area contributed by atoms with Gasteiger partial charge in [0, 0.05) is 21.7 Å². The van der Waals surface area contributed by atoms with Gasteiger partial charge in [0.2, 0.25) is 0 Å². The predicted molar refractivity (Wildman–Crippen MR) is 112 cm³/mol. The maximum atomic E-state index is 14.9. The van der Waals surface area contributed by atoms with Gasteiger partial charge in [-0.05, 0) is 68.5 Å². The highest BCUT2D eigenvalue weighted by Crippen LogP contribution is 2.34. The molecule has 3 aromatic rings. The zero-order valence-electron chi connectivity index (χ0n) is 16.5. The Balaban J connectivity index is 1.80. The molecular formula is C23H21ClFNO4. The Morgan fingerprint density at radius 2 is 1.97 bits per heavy atom. The molecule has 0 unspecified atom stereocenters. The van der Waals surface area contributed by atoms with Crippen LogP contribution in [0.5, 0.6) is 5.75 Å². The number of hydrogen-bond donors (Lipinski definition) is 1. The summed E-state index contributed by atoms with van der Waals surface area (Å²) in [6, 6.07) is 9.11. The van der Waals surface area contributed by atoms with E-state index in [1.54, 1.807) is 25.1 Å². The first kappa shape index (κ1) is 20.4. The van der Waals surface area contributed by atoms with Gasteiger partial charge in [0.25, 0.3) is 5.91 Å². The fraction of sp³-hybridized carbons (Fsp3) is 0.304. The first-order valence-corrected chi connectivity index (χ1v) is 10.3. The van der Waals surface area contributed by atoms with Crippen molar-refractivity contribution in [2.75, 3.05) is 0 Å². The lowest BCUT2D eigenvalue weighted by Gasteiger charge is -2.11. The summed E-state index contributed by atoms with van der Waals surface area (Å²) in [5.41, 5.74) is 1.35. The van der Waals surface area contributed by atoms with Crippen LogP contribution in [0.2, 0.25) is 5.02 Å². The van der Waals surface area contributed by atoms with Crippen molar-refractivity contribution in [2.24, 2.45) is 0 Å². The standard InChI is InChI=1S/C23H21ClFNO4/c1-13-17(12-20(28)30-16-7-2-3-8-16)21-18(9-10-19(27)22(21)25)26(13)23(29)14-5-4-6-15(24)11-14/h4-6,9-11,16,27H,2-3,7-8,12H2,1H3. The van der Waals surface area contributed by atoms with E-state index in [0.717, 1.165) is 25.7 Å². The summed E-state index contributed by atoms with van der Waals surface area (Å²) in [4.78, 5) is 25.7. The Bertz CT molecular complexity index is 1150. The number of halogens is 2. The van der Waals surface area contributed by atoms with Crippen molar-refractivity contribution >= 4 is 34.4 Å². The summed E-state index contributed by atoms with van der Waals surface area (Å²) in [5, 5.41) is 10.3. The average molecular weight is 430 g/mol. The molecule has 4 rings (SSSR count). The van der Waals surface area contributed by atoms with Crippen LogP contribution in [0, 0.1) is 12.7 Å². The summed E-state index contributed by atoms with van der Waals surface area (Å²) in [5.74, 6) is -2.28. The van der Waals surface area contributed by atoms with Crippen LogP contribution in [0.1, 0.15) is 47.3 Å². The zero-order valence-corrected chi connectivity index (χ0v) is 17.2. The minimum atomic E-state index is -0.864. The van der Waals surface area contributed by atoms with Gasteiger partial charge in [-0.1, -0.05) is 17.7 Å². The van der Waals surface area contributed by atoms with E-state index in [1.807, 2.05) is 0 Å². The highest BCUT2D eigenvalue weighted by Gasteiger charge is 2.27. The maximum Gasteiger partial charge on any atom is 0.310 e.